The maximum Gasteiger partial charge on any atom is 0.118 e. The van der Waals surface area contributed by atoms with E-state index < -0.39 is 0 Å². The second-order valence-corrected chi connectivity index (χ2v) is 4.99. The van der Waals surface area contributed by atoms with E-state index in [1.165, 1.54) is 16.7 Å². The zero-order valence-corrected chi connectivity index (χ0v) is 12.5. The average Bonchev–Trinajstić information content (AvgIpc) is 2.53. The van der Waals surface area contributed by atoms with Gasteiger partial charge in [-0.3, -0.25) is 0 Å². The third-order valence-electron chi connectivity index (χ3n) is 3.74. The van der Waals surface area contributed by atoms with E-state index in [0.717, 1.165) is 18.6 Å². The van der Waals surface area contributed by atoms with Crippen LogP contribution in [0.3, 0.4) is 0 Å². The van der Waals surface area contributed by atoms with Gasteiger partial charge >= 0.3 is 0 Å². The van der Waals surface area contributed by atoms with Crippen LogP contribution in [0.1, 0.15) is 29.7 Å². The molecule has 0 saturated heterocycles. The van der Waals surface area contributed by atoms with Gasteiger partial charge in [0.15, 0.2) is 0 Å². The number of benzene rings is 2. The van der Waals surface area contributed by atoms with Crippen LogP contribution in [0.2, 0.25) is 0 Å². The summed E-state index contributed by atoms with van der Waals surface area (Å²) in [5, 5.41) is 3.39. The van der Waals surface area contributed by atoms with E-state index in [0.29, 0.717) is 6.04 Å². The lowest BCUT2D eigenvalue weighted by molar-refractivity contribution is 0.414. The number of aryl methyl sites for hydroxylation is 1. The van der Waals surface area contributed by atoms with Gasteiger partial charge in [0.25, 0.3) is 0 Å². The molecule has 0 radical (unpaired) electrons. The molecule has 0 bridgehead atoms. The van der Waals surface area contributed by atoms with Crippen molar-refractivity contribution >= 4 is 0 Å². The molecular formula is C18H23NO. The fourth-order valence-corrected chi connectivity index (χ4v) is 2.37. The molecule has 0 aliphatic rings. The van der Waals surface area contributed by atoms with Gasteiger partial charge in [-0.15, -0.1) is 0 Å². The number of ether oxygens (including phenoxy) is 1. The standard InChI is InChI=1S/C18H23NO/c1-4-14-5-7-15(8-6-14)13-18(19-2)16-9-11-17(20-3)12-10-16/h5-12,18-19H,4,13H2,1-3H3. The van der Waals surface area contributed by atoms with Crippen LogP contribution in [0.25, 0.3) is 0 Å². The van der Waals surface area contributed by atoms with Crippen molar-refractivity contribution in [2.75, 3.05) is 14.2 Å². The van der Waals surface area contributed by atoms with E-state index in [9.17, 15) is 0 Å². The Kier molecular flexibility index (Phi) is 5.19. The molecule has 2 heteroatoms. The molecule has 2 rings (SSSR count). The van der Waals surface area contributed by atoms with Crippen LogP contribution in [0.15, 0.2) is 48.5 Å². The largest absolute Gasteiger partial charge is 0.497 e. The molecule has 0 heterocycles. The minimum atomic E-state index is 0.327. The van der Waals surface area contributed by atoms with Crippen molar-refractivity contribution in [2.45, 2.75) is 25.8 Å². The molecule has 0 aromatic heterocycles. The number of rotatable bonds is 6. The van der Waals surface area contributed by atoms with E-state index in [4.69, 9.17) is 4.74 Å². The first-order valence-corrected chi connectivity index (χ1v) is 7.15. The van der Waals surface area contributed by atoms with Gasteiger partial charge in [-0.25, -0.2) is 0 Å². The van der Waals surface area contributed by atoms with E-state index in [-0.39, 0.29) is 0 Å². The van der Waals surface area contributed by atoms with Gasteiger partial charge in [0.2, 0.25) is 0 Å². The highest BCUT2D eigenvalue weighted by Crippen LogP contribution is 2.21. The Labute approximate surface area is 121 Å². The predicted molar refractivity (Wildman–Crippen MR) is 84.3 cm³/mol. The average molecular weight is 269 g/mol. The van der Waals surface area contributed by atoms with E-state index in [2.05, 4.69) is 48.6 Å². The van der Waals surface area contributed by atoms with Gasteiger partial charge in [0, 0.05) is 6.04 Å². The van der Waals surface area contributed by atoms with Crippen molar-refractivity contribution < 1.29 is 4.74 Å². The van der Waals surface area contributed by atoms with Crippen LogP contribution < -0.4 is 10.1 Å². The van der Waals surface area contributed by atoms with Crippen LogP contribution in [0.4, 0.5) is 0 Å². The van der Waals surface area contributed by atoms with Gasteiger partial charge in [-0.1, -0.05) is 43.3 Å². The Bertz CT molecular complexity index is 516. The van der Waals surface area contributed by atoms with Crippen molar-refractivity contribution in [2.24, 2.45) is 0 Å². The molecule has 1 atom stereocenters. The van der Waals surface area contributed by atoms with Crippen LogP contribution in [0, 0.1) is 0 Å². The Balaban J connectivity index is 2.10. The predicted octanol–water partition coefficient (Wildman–Crippen LogP) is 3.76. The summed E-state index contributed by atoms with van der Waals surface area (Å²) in [6.07, 6.45) is 2.08. The molecule has 1 unspecified atom stereocenters. The zero-order valence-electron chi connectivity index (χ0n) is 12.5. The summed E-state index contributed by atoms with van der Waals surface area (Å²) in [6.45, 7) is 2.18. The Hall–Kier alpha value is -1.80. The molecule has 20 heavy (non-hydrogen) atoms. The first-order chi connectivity index (χ1) is 9.76. The summed E-state index contributed by atoms with van der Waals surface area (Å²) in [6, 6.07) is 17.5. The minimum absolute atomic E-state index is 0.327. The molecule has 0 spiro atoms. The molecule has 2 nitrogen and oxygen atoms in total. The van der Waals surface area contributed by atoms with E-state index >= 15 is 0 Å². The van der Waals surface area contributed by atoms with Crippen LogP contribution in [-0.4, -0.2) is 14.2 Å². The molecule has 0 amide bonds. The smallest absolute Gasteiger partial charge is 0.118 e. The third-order valence-corrected chi connectivity index (χ3v) is 3.74. The normalized spacial score (nSPS) is 12.2. The maximum absolute atomic E-state index is 5.21. The Morgan fingerprint density at radius 1 is 0.950 bits per heavy atom. The molecule has 106 valence electrons. The molecule has 0 saturated carbocycles. The van der Waals surface area contributed by atoms with Crippen LogP contribution >= 0.6 is 0 Å². The summed E-state index contributed by atoms with van der Waals surface area (Å²) >= 11 is 0. The Morgan fingerprint density at radius 2 is 1.55 bits per heavy atom. The quantitative estimate of drug-likeness (QED) is 0.862. The fraction of sp³-hybridized carbons (Fsp3) is 0.333. The molecule has 0 fully saturated rings. The summed E-state index contributed by atoms with van der Waals surface area (Å²) < 4.78 is 5.21. The summed E-state index contributed by atoms with van der Waals surface area (Å²) in [7, 11) is 3.70. The van der Waals surface area contributed by atoms with Crippen molar-refractivity contribution in [3.63, 3.8) is 0 Å². The van der Waals surface area contributed by atoms with Crippen molar-refractivity contribution in [1.29, 1.82) is 0 Å². The molecule has 1 N–H and O–H groups in total. The lowest BCUT2D eigenvalue weighted by Gasteiger charge is -2.17. The fourth-order valence-electron chi connectivity index (χ4n) is 2.37. The van der Waals surface area contributed by atoms with Crippen molar-refractivity contribution in [3.05, 3.63) is 65.2 Å². The van der Waals surface area contributed by atoms with E-state index in [1.54, 1.807) is 7.11 Å². The van der Waals surface area contributed by atoms with Gasteiger partial charge in [-0.2, -0.15) is 0 Å². The lowest BCUT2D eigenvalue weighted by atomic mass is 9.98. The topological polar surface area (TPSA) is 21.3 Å². The number of hydrogen-bond acceptors (Lipinski definition) is 2. The number of nitrogens with one attached hydrogen (secondary N) is 1. The highest BCUT2D eigenvalue weighted by Gasteiger charge is 2.10. The highest BCUT2D eigenvalue weighted by molar-refractivity contribution is 5.31. The molecule has 0 aliphatic carbocycles. The minimum Gasteiger partial charge on any atom is -0.497 e. The van der Waals surface area contributed by atoms with Crippen molar-refractivity contribution in [1.82, 2.24) is 5.32 Å². The number of likely N-dealkylation sites (N-methyl/N-ethyl adjacent to an activating group) is 1. The molecule has 2 aromatic rings. The number of methoxy groups -OCH3 is 1. The van der Waals surface area contributed by atoms with Crippen LogP contribution in [-0.2, 0) is 12.8 Å². The van der Waals surface area contributed by atoms with Gasteiger partial charge in [0.05, 0.1) is 7.11 Å². The number of hydrogen-bond donors (Lipinski definition) is 1. The lowest BCUT2D eigenvalue weighted by Crippen LogP contribution is -2.18. The van der Waals surface area contributed by atoms with Gasteiger partial charge in [-0.05, 0) is 48.7 Å². The van der Waals surface area contributed by atoms with Crippen molar-refractivity contribution in [3.8, 4) is 5.75 Å². The monoisotopic (exact) mass is 269 g/mol. The SMILES string of the molecule is CCc1ccc(CC(NC)c2ccc(OC)cc2)cc1. The van der Waals surface area contributed by atoms with Crippen LogP contribution in [0.5, 0.6) is 5.75 Å². The summed E-state index contributed by atoms with van der Waals surface area (Å²) in [4.78, 5) is 0. The maximum atomic E-state index is 5.21. The zero-order chi connectivity index (χ0) is 14.4. The summed E-state index contributed by atoms with van der Waals surface area (Å²) in [5.41, 5.74) is 4.03. The van der Waals surface area contributed by atoms with Gasteiger partial charge in [0.1, 0.15) is 5.75 Å². The molecule has 2 aromatic carbocycles. The second kappa shape index (κ2) is 7.11. The van der Waals surface area contributed by atoms with Gasteiger partial charge < -0.3 is 10.1 Å². The molecular weight excluding hydrogens is 246 g/mol. The molecule has 0 aliphatic heterocycles. The second-order valence-electron chi connectivity index (χ2n) is 4.99. The first kappa shape index (κ1) is 14.6. The summed E-state index contributed by atoms with van der Waals surface area (Å²) in [5.74, 6) is 0.899. The van der Waals surface area contributed by atoms with E-state index in [1.807, 2.05) is 19.2 Å². The Morgan fingerprint density at radius 3 is 2.05 bits per heavy atom. The first-order valence-electron chi connectivity index (χ1n) is 7.15. The highest BCUT2D eigenvalue weighted by atomic mass is 16.5. The third kappa shape index (κ3) is 3.61.